The lowest BCUT2D eigenvalue weighted by molar-refractivity contribution is -0.117. The summed E-state index contributed by atoms with van der Waals surface area (Å²) in [7, 11) is 1.66. The van der Waals surface area contributed by atoms with E-state index in [1.165, 1.54) is 19.3 Å². The van der Waals surface area contributed by atoms with Gasteiger partial charge in [0.05, 0.1) is 13.4 Å². The van der Waals surface area contributed by atoms with Crippen molar-refractivity contribution in [2.45, 2.75) is 52.0 Å². The first-order valence-electron chi connectivity index (χ1n) is 10.8. The second-order valence-electron chi connectivity index (χ2n) is 8.29. The van der Waals surface area contributed by atoms with Gasteiger partial charge in [-0.3, -0.25) is 4.79 Å². The molecule has 0 unspecified atom stereocenters. The van der Waals surface area contributed by atoms with Gasteiger partial charge in [0, 0.05) is 38.7 Å². The molecule has 4 nitrogen and oxygen atoms in total. The van der Waals surface area contributed by atoms with Gasteiger partial charge in [0.25, 0.3) is 0 Å². The quantitative estimate of drug-likeness (QED) is 0.397. The fourth-order valence-corrected chi connectivity index (χ4v) is 4.91. The van der Waals surface area contributed by atoms with Crippen molar-refractivity contribution < 1.29 is 13.9 Å². The van der Waals surface area contributed by atoms with Crippen molar-refractivity contribution in [3.63, 3.8) is 0 Å². The maximum absolute atomic E-state index is 12.7. The lowest BCUT2D eigenvalue weighted by Crippen LogP contribution is -2.35. The third-order valence-corrected chi connectivity index (χ3v) is 6.60. The smallest absolute Gasteiger partial charge is 0.244 e. The molecule has 0 aliphatic heterocycles. The fraction of sp³-hybridized carbons (Fsp3) is 0.346. The van der Waals surface area contributed by atoms with Gasteiger partial charge < -0.3 is 14.5 Å². The number of hydrogen-bond acceptors (Lipinski definition) is 3. The number of nitrogens with one attached hydrogen (secondary N) is 1. The number of halogens is 1. The highest BCUT2D eigenvalue weighted by Crippen LogP contribution is 2.40. The molecule has 5 heteroatoms. The van der Waals surface area contributed by atoms with Crippen LogP contribution in [0.1, 0.15) is 50.2 Å². The molecule has 1 aliphatic carbocycles. The summed E-state index contributed by atoms with van der Waals surface area (Å²) >= 11 is 3.55. The third kappa shape index (κ3) is 4.57. The van der Waals surface area contributed by atoms with Gasteiger partial charge >= 0.3 is 0 Å². The van der Waals surface area contributed by atoms with Crippen molar-refractivity contribution >= 4 is 38.4 Å². The van der Waals surface area contributed by atoms with Gasteiger partial charge in [-0.15, -0.1) is 0 Å². The molecule has 4 rings (SSSR count). The molecule has 1 fully saturated rings. The molecule has 1 N–H and O–H groups in total. The Morgan fingerprint density at radius 1 is 1.23 bits per heavy atom. The topological polar surface area (TPSA) is 51.5 Å². The Hall–Kier alpha value is -2.53. The molecular formula is C26H28BrNO3. The van der Waals surface area contributed by atoms with E-state index >= 15 is 0 Å². The van der Waals surface area contributed by atoms with Gasteiger partial charge in [0.1, 0.15) is 11.3 Å². The standard InChI is InChI=1S/C26H28BrNO3/c1-16(12-24(29)28-20-10-5-4-6-11-20)21-14-22-23(18-8-7-9-19(27)13-18)15-31-26(22)17(2)25(21)30-3/h7-9,12-15,20H,4-6,10-11H2,1-3H3,(H,28,29)/b16-12+. The van der Waals surface area contributed by atoms with Crippen LogP contribution in [0.5, 0.6) is 5.75 Å². The van der Waals surface area contributed by atoms with Crippen LogP contribution in [0.2, 0.25) is 0 Å². The normalized spacial score (nSPS) is 15.3. The first-order chi connectivity index (χ1) is 15.0. The molecule has 162 valence electrons. The molecule has 1 aromatic heterocycles. The number of furan rings is 1. The number of carbonyl (C=O) groups excluding carboxylic acids is 1. The number of benzene rings is 2. The van der Waals surface area contributed by atoms with Crippen LogP contribution in [0.25, 0.3) is 27.7 Å². The molecule has 1 aliphatic rings. The number of fused-ring (bicyclic) bond motifs is 1. The number of carbonyl (C=O) groups is 1. The molecule has 2 aromatic carbocycles. The fourth-order valence-electron chi connectivity index (χ4n) is 4.52. The van der Waals surface area contributed by atoms with Gasteiger partial charge in [0.2, 0.25) is 5.91 Å². The van der Waals surface area contributed by atoms with E-state index in [-0.39, 0.29) is 11.9 Å². The van der Waals surface area contributed by atoms with Gasteiger partial charge in [-0.2, -0.15) is 0 Å². The van der Waals surface area contributed by atoms with Crippen LogP contribution in [0, 0.1) is 6.92 Å². The van der Waals surface area contributed by atoms with Crippen molar-refractivity contribution in [3.8, 4) is 16.9 Å². The minimum absolute atomic E-state index is 0.0383. The van der Waals surface area contributed by atoms with Crippen molar-refractivity contribution in [2.75, 3.05) is 7.11 Å². The summed E-state index contributed by atoms with van der Waals surface area (Å²) in [5.74, 6) is 0.700. The SMILES string of the molecule is COc1c(/C(C)=C/C(=O)NC2CCCCC2)cc2c(-c3cccc(Br)c3)coc2c1C. The van der Waals surface area contributed by atoms with E-state index in [4.69, 9.17) is 9.15 Å². The largest absolute Gasteiger partial charge is 0.496 e. The lowest BCUT2D eigenvalue weighted by Gasteiger charge is -2.22. The van der Waals surface area contributed by atoms with Crippen LogP contribution < -0.4 is 10.1 Å². The molecule has 1 heterocycles. The van der Waals surface area contributed by atoms with Crippen molar-refractivity contribution in [1.29, 1.82) is 0 Å². The summed E-state index contributed by atoms with van der Waals surface area (Å²) in [5.41, 5.74) is 5.59. The first-order valence-corrected chi connectivity index (χ1v) is 11.6. The lowest BCUT2D eigenvalue weighted by atomic mass is 9.95. The Labute approximate surface area is 191 Å². The second-order valence-corrected chi connectivity index (χ2v) is 9.21. The van der Waals surface area contributed by atoms with Crippen LogP contribution >= 0.6 is 15.9 Å². The first kappa shape index (κ1) is 21.7. The van der Waals surface area contributed by atoms with Gasteiger partial charge in [-0.05, 0) is 56.0 Å². The summed E-state index contributed by atoms with van der Waals surface area (Å²) in [4.78, 5) is 12.7. The molecule has 31 heavy (non-hydrogen) atoms. The maximum atomic E-state index is 12.7. The summed E-state index contributed by atoms with van der Waals surface area (Å²) < 4.78 is 12.7. The molecule has 0 saturated heterocycles. The van der Waals surface area contributed by atoms with Crippen molar-refractivity contribution in [2.24, 2.45) is 0 Å². The van der Waals surface area contributed by atoms with Gasteiger partial charge in [0.15, 0.2) is 0 Å². The molecule has 3 aromatic rings. The summed E-state index contributed by atoms with van der Waals surface area (Å²) in [6, 6.07) is 10.5. The number of amides is 1. The van der Waals surface area contributed by atoms with E-state index in [1.54, 1.807) is 19.4 Å². The second kappa shape index (κ2) is 9.31. The van der Waals surface area contributed by atoms with E-state index in [0.29, 0.717) is 0 Å². The third-order valence-electron chi connectivity index (χ3n) is 6.11. The van der Waals surface area contributed by atoms with E-state index in [0.717, 1.165) is 61.9 Å². The number of allylic oxidation sites excluding steroid dienone is 1. The molecule has 0 atom stereocenters. The predicted octanol–water partition coefficient (Wildman–Crippen LogP) is 7.03. The van der Waals surface area contributed by atoms with Crippen molar-refractivity contribution in [1.82, 2.24) is 5.32 Å². The Balaban J connectivity index is 1.73. The van der Waals surface area contributed by atoms with E-state index in [9.17, 15) is 4.79 Å². The number of ether oxygens (including phenoxy) is 1. The number of methoxy groups -OCH3 is 1. The zero-order chi connectivity index (χ0) is 22.0. The van der Waals surface area contributed by atoms with E-state index in [1.807, 2.05) is 26.0 Å². The Morgan fingerprint density at radius 3 is 2.71 bits per heavy atom. The predicted molar refractivity (Wildman–Crippen MR) is 129 cm³/mol. The molecule has 1 saturated carbocycles. The average Bonchev–Trinajstić information content (AvgIpc) is 3.18. The van der Waals surface area contributed by atoms with Crippen LogP contribution in [-0.4, -0.2) is 19.1 Å². The number of hydrogen-bond donors (Lipinski definition) is 1. The minimum atomic E-state index is -0.0383. The highest BCUT2D eigenvalue weighted by molar-refractivity contribution is 9.10. The molecule has 0 radical (unpaired) electrons. The summed E-state index contributed by atoms with van der Waals surface area (Å²) in [6.07, 6.45) is 9.26. The van der Waals surface area contributed by atoms with Crippen LogP contribution in [-0.2, 0) is 4.79 Å². The summed E-state index contributed by atoms with van der Waals surface area (Å²) in [6.45, 7) is 3.96. The van der Waals surface area contributed by atoms with E-state index < -0.39 is 0 Å². The highest BCUT2D eigenvalue weighted by Gasteiger charge is 2.20. The number of rotatable bonds is 5. The highest BCUT2D eigenvalue weighted by atomic mass is 79.9. The molecule has 0 spiro atoms. The maximum Gasteiger partial charge on any atom is 0.244 e. The van der Waals surface area contributed by atoms with Crippen molar-refractivity contribution in [3.05, 3.63) is 58.3 Å². The Bertz CT molecular complexity index is 1140. The molecule has 0 bridgehead atoms. The Kier molecular flexibility index (Phi) is 6.51. The van der Waals surface area contributed by atoms with Crippen LogP contribution in [0.4, 0.5) is 0 Å². The summed E-state index contributed by atoms with van der Waals surface area (Å²) in [5, 5.41) is 4.17. The number of aryl methyl sites for hydroxylation is 1. The zero-order valence-corrected chi connectivity index (χ0v) is 19.8. The van der Waals surface area contributed by atoms with Crippen LogP contribution in [0.3, 0.4) is 0 Å². The average molecular weight is 482 g/mol. The van der Waals surface area contributed by atoms with Gasteiger partial charge in [-0.25, -0.2) is 0 Å². The monoisotopic (exact) mass is 481 g/mol. The van der Waals surface area contributed by atoms with E-state index in [2.05, 4.69) is 39.4 Å². The molecule has 1 amide bonds. The molecular weight excluding hydrogens is 454 g/mol. The Morgan fingerprint density at radius 2 is 2.00 bits per heavy atom. The zero-order valence-electron chi connectivity index (χ0n) is 18.3. The van der Waals surface area contributed by atoms with Crippen LogP contribution in [0.15, 0.2) is 51.6 Å². The van der Waals surface area contributed by atoms with Gasteiger partial charge in [-0.1, -0.05) is 47.3 Å². The minimum Gasteiger partial charge on any atom is -0.496 e.